The van der Waals surface area contributed by atoms with Gasteiger partial charge in [0.1, 0.15) is 5.75 Å². The van der Waals surface area contributed by atoms with Crippen LogP contribution in [-0.4, -0.2) is 52.1 Å². The highest BCUT2D eigenvalue weighted by molar-refractivity contribution is 5.97. The van der Waals surface area contributed by atoms with E-state index in [9.17, 15) is 14.7 Å². The number of ether oxygens (including phenoxy) is 1. The van der Waals surface area contributed by atoms with Gasteiger partial charge in [0.2, 0.25) is 0 Å². The molecule has 7 nitrogen and oxygen atoms in total. The second-order valence-electron chi connectivity index (χ2n) is 6.80. The number of amides is 1. The fourth-order valence-electron chi connectivity index (χ4n) is 3.71. The minimum atomic E-state index is -0.910. The molecule has 0 unspecified atom stereocenters. The summed E-state index contributed by atoms with van der Waals surface area (Å²) in [6, 6.07) is 12.5. The second kappa shape index (κ2) is 7.26. The number of carboxylic acid groups (broad SMARTS) is 1. The number of rotatable bonds is 4. The van der Waals surface area contributed by atoms with Crippen molar-refractivity contribution in [1.29, 1.82) is 0 Å². The maximum Gasteiger partial charge on any atom is 0.308 e. The number of benzene rings is 2. The molecule has 1 N–H and O–H groups in total. The zero-order chi connectivity index (χ0) is 19.7. The lowest BCUT2D eigenvalue weighted by atomic mass is 9.89. The molecule has 0 saturated carbocycles. The third-order valence-corrected chi connectivity index (χ3v) is 5.16. The summed E-state index contributed by atoms with van der Waals surface area (Å²) < 4.78 is 5.25. The summed E-state index contributed by atoms with van der Waals surface area (Å²) in [5.74, 6) is -1.41. The average molecular weight is 377 g/mol. The Kier molecular flexibility index (Phi) is 4.65. The topological polar surface area (TPSA) is 92.6 Å². The van der Waals surface area contributed by atoms with Gasteiger partial charge < -0.3 is 14.7 Å². The summed E-state index contributed by atoms with van der Waals surface area (Å²) >= 11 is 0. The van der Waals surface area contributed by atoms with Crippen molar-refractivity contribution in [3.05, 3.63) is 66.0 Å². The summed E-state index contributed by atoms with van der Waals surface area (Å²) in [5, 5.41) is 9.70. The first-order chi connectivity index (χ1) is 13.6. The van der Waals surface area contributed by atoms with Crippen LogP contribution >= 0.6 is 0 Å². The molecule has 28 heavy (non-hydrogen) atoms. The highest BCUT2D eigenvalue weighted by Crippen LogP contribution is 2.35. The van der Waals surface area contributed by atoms with E-state index in [1.807, 2.05) is 24.3 Å². The normalized spacial score (nSPS) is 19.0. The van der Waals surface area contributed by atoms with Gasteiger partial charge in [-0.1, -0.05) is 12.1 Å². The number of carbonyl (C=O) groups is 2. The van der Waals surface area contributed by atoms with E-state index in [2.05, 4.69) is 9.97 Å². The highest BCUT2D eigenvalue weighted by atomic mass is 16.5. The van der Waals surface area contributed by atoms with Crippen LogP contribution in [0.4, 0.5) is 0 Å². The molecule has 2 heterocycles. The third-order valence-electron chi connectivity index (χ3n) is 5.16. The molecule has 3 aromatic rings. The molecule has 1 amide bonds. The summed E-state index contributed by atoms with van der Waals surface area (Å²) in [6.07, 6.45) is 3.17. The van der Waals surface area contributed by atoms with Crippen molar-refractivity contribution in [1.82, 2.24) is 14.9 Å². The SMILES string of the molecule is COc1cccc([C@@H]2CN(C(=O)c3ccc4nccnc4c3)C[C@H]2C(=O)O)c1. The molecule has 4 rings (SSSR count). The van der Waals surface area contributed by atoms with Gasteiger partial charge in [0.05, 0.1) is 24.1 Å². The zero-order valence-corrected chi connectivity index (χ0v) is 15.3. The van der Waals surface area contributed by atoms with Crippen molar-refractivity contribution < 1.29 is 19.4 Å². The number of nitrogens with zero attached hydrogens (tertiary/aromatic N) is 3. The lowest BCUT2D eigenvalue weighted by Gasteiger charge is -2.17. The number of carboxylic acids is 1. The molecule has 2 atom stereocenters. The van der Waals surface area contributed by atoms with E-state index in [4.69, 9.17) is 4.74 Å². The number of carbonyl (C=O) groups excluding carboxylic acids is 1. The fourth-order valence-corrected chi connectivity index (χ4v) is 3.71. The van der Waals surface area contributed by atoms with Crippen LogP contribution in [0.2, 0.25) is 0 Å². The van der Waals surface area contributed by atoms with Gasteiger partial charge in [-0.05, 0) is 35.9 Å². The molecule has 7 heteroatoms. The van der Waals surface area contributed by atoms with Gasteiger partial charge >= 0.3 is 5.97 Å². The Labute approximate surface area is 161 Å². The van der Waals surface area contributed by atoms with E-state index in [1.165, 1.54) is 0 Å². The van der Waals surface area contributed by atoms with Crippen molar-refractivity contribution in [2.45, 2.75) is 5.92 Å². The number of likely N-dealkylation sites (tertiary alicyclic amines) is 1. The molecule has 0 aliphatic carbocycles. The van der Waals surface area contributed by atoms with Crippen LogP contribution in [0.1, 0.15) is 21.8 Å². The Balaban J connectivity index is 1.62. The molecule has 1 aromatic heterocycles. The Bertz CT molecular complexity index is 1050. The Morgan fingerprint density at radius 3 is 2.61 bits per heavy atom. The monoisotopic (exact) mass is 377 g/mol. The number of methoxy groups -OCH3 is 1. The number of fused-ring (bicyclic) bond motifs is 1. The minimum Gasteiger partial charge on any atom is -0.497 e. The van der Waals surface area contributed by atoms with Crippen molar-refractivity contribution >= 4 is 22.9 Å². The second-order valence-corrected chi connectivity index (χ2v) is 6.80. The molecular weight excluding hydrogens is 358 g/mol. The predicted molar refractivity (Wildman–Crippen MR) is 102 cm³/mol. The van der Waals surface area contributed by atoms with Crippen molar-refractivity contribution in [2.24, 2.45) is 5.92 Å². The molecule has 0 spiro atoms. The van der Waals surface area contributed by atoms with Crippen LogP contribution < -0.4 is 4.74 Å². The smallest absolute Gasteiger partial charge is 0.308 e. The molecule has 1 fully saturated rings. The van der Waals surface area contributed by atoms with Crippen LogP contribution in [0.25, 0.3) is 11.0 Å². The number of hydrogen-bond donors (Lipinski definition) is 1. The van der Waals surface area contributed by atoms with Crippen LogP contribution in [-0.2, 0) is 4.79 Å². The summed E-state index contributed by atoms with van der Waals surface area (Å²) in [7, 11) is 1.57. The van der Waals surface area contributed by atoms with E-state index < -0.39 is 11.9 Å². The zero-order valence-electron chi connectivity index (χ0n) is 15.3. The largest absolute Gasteiger partial charge is 0.497 e. The maximum atomic E-state index is 13.0. The molecule has 1 saturated heterocycles. The van der Waals surface area contributed by atoms with Crippen LogP contribution in [0.5, 0.6) is 5.75 Å². The molecule has 0 radical (unpaired) electrons. The van der Waals surface area contributed by atoms with E-state index in [0.717, 1.165) is 5.56 Å². The maximum absolute atomic E-state index is 13.0. The Morgan fingerprint density at radius 2 is 1.86 bits per heavy atom. The van der Waals surface area contributed by atoms with E-state index in [-0.39, 0.29) is 18.4 Å². The first-order valence-corrected chi connectivity index (χ1v) is 8.93. The number of hydrogen-bond acceptors (Lipinski definition) is 5. The van der Waals surface area contributed by atoms with Gasteiger partial charge in [-0.15, -0.1) is 0 Å². The first kappa shape index (κ1) is 17.9. The average Bonchev–Trinajstić information content (AvgIpc) is 3.19. The molecular formula is C21H19N3O4. The predicted octanol–water partition coefficient (Wildman–Crippen LogP) is 2.58. The van der Waals surface area contributed by atoms with Gasteiger partial charge in [0, 0.05) is 37.0 Å². The van der Waals surface area contributed by atoms with E-state index in [0.29, 0.717) is 28.9 Å². The van der Waals surface area contributed by atoms with Gasteiger partial charge in [0.25, 0.3) is 5.91 Å². The molecule has 2 aromatic carbocycles. The highest BCUT2D eigenvalue weighted by Gasteiger charge is 2.40. The van der Waals surface area contributed by atoms with Crippen LogP contribution in [0, 0.1) is 5.92 Å². The summed E-state index contributed by atoms with van der Waals surface area (Å²) in [4.78, 5) is 34.9. The van der Waals surface area contributed by atoms with Crippen molar-refractivity contribution in [2.75, 3.05) is 20.2 Å². The number of aliphatic carboxylic acids is 1. The quantitative estimate of drug-likeness (QED) is 0.751. The molecule has 1 aliphatic rings. The first-order valence-electron chi connectivity index (χ1n) is 8.93. The lowest BCUT2D eigenvalue weighted by molar-refractivity contribution is -0.141. The molecule has 1 aliphatic heterocycles. The van der Waals surface area contributed by atoms with E-state index >= 15 is 0 Å². The standard InChI is InChI=1S/C21H19N3O4/c1-28-15-4-2-3-13(9-15)16-11-24(12-17(16)21(26)27)20(25)14-5-6-18-19(10-14)23-8-7-22-18/h2-10,16-17H,11-12H2,1H3,(H,26,27)/t16-,17+/m0/s1. The van der Waals surface area contributed by atoms with Gasteiger partial charge in [0.15, 0.2) is 0 Å². The van der Waals surface area contributed by atoms with Crippen molar-refractivity contribution in [3.8, 4) is 5.75 Å². The molecule has 142 valence electrons. The fraction of sp³-hybridized carbons (Fsp3) is 0.238. The number of aromatic nitrogens is 2. The lowest BCUT2D eigenvalue weighted by Crippen LogP contribution is -2.29. The molecule has 0 bridgehead atoms. The van der Waals surface area contributed by atoms with Crippen LogP contribution in [0.3, 0.4) is 0 Å². The third kappa shape index (κ3) is 3.26. The van der Waals surface area contributed by atoms with Crippen molar-refractivity contribution in [3.63, 3.8) is 0 Å². The van der Waals surface area contributed by atoms with Gasteiger partial charge in [-0.3, -0.25) is 19.6 Å². The minimum absolute atomic E-state index is 0.161. The summed E-state index contributed by atoms with van der Waals surface area (Å²) in [6.45, 7) is 0.496. The van der Waals surface area contributed by atoms with Crippen LogP contribution in [0.15, 0.2) is 54.9 Å². The summed E-state index contributed by atoms with van der Waals surface area (Å²) in [5.41, 5.74) is 2.67. The Hall–Kier alpha value is -3.48. The van der Waals surface area contributed by atoms with Gasteiger partial charge in [-0.2, -0.15) is 0 Å². The van der Waals surface area contributed by atoms with Gasteiger partial charge in [-0.25, -0.2) is 0 Å². The Morgan fingerprint density at radius 1 is 1.07 bits per heavy atom. The van der Waals surface area contributed by atoms with E-state index in [1.54, 1.807) is 42.6 Å².